The molecule has 3 nitrogen and oxygen atoms in total. The van der Waals surface area contributed by atoms with Crippen molar-refractivity contribution in [3.63, 3.8) is 0 Å². The first kappa shape index (κ1) is 16.2. The molecule has 0 aliphatic heterocycles. The van der Waals surface area contributed by atoms with E-state index in [0.29, 0.717) is 0 Å². The third kappa shape index (κ3) is 3.34. The van der Waals surface area contributed by atoms with Crippen molar-refractivity contribution in [1.29, 1.82) is 0 Å². The van der Waals surface area contributed by atoms with E-state index in [1.54, 1.807) is 5.32 Å². The molecule has 0 aliphatic carbocycles. The first-order valence-electron chi connectivity index (χ1n) is 6.12. The molecule has 9 heteroatoms. The normalized spacial score (nSPS) is 12.6. The smallest absolute Gasteiger partial charge is 0.351 e. The van der Waals surface area contributed by atoms with Crippen LogP contribution in [0.2, 0.25) is 0 Å². The van der Waals surface area contributed by atoms with Gasteiger partial charge in [-0.2, -0.15) is 26.3 Å². The Hall–Kier alpha value is -2.19. The number of hydrogen-bond acceptors (Lipinski definition) is 1. The number of fused-ring (bicyclic) bond motifs is 1. The number of carbonyl (C=O) groups excluding carboxylic acids is 1. The van der Waals surface area contributed by atoms with Crippen molar-refractivity contribution in [2.45, 2.75) is 18.8 Å². The standard InChI is InChI=1S/C13H10F6N2O/c14-12(15,16)10-8(5-6-20-11(22)13(17,18)19)7-3-1-2-4-9(7)21-10/h1-4,21H,5-6H2,(H,20,22). The van der Waals surface area contributed by atoms with Crippen molar-refractivity contribution in [3.8, 4) is 0 Å². The zero-order valence-electron chi connectivity index (χ0n) is 10.9. The number of benzene rings is 1. The van der Waals surface area contributed by atoms with Crippen LogP contribution in [0.4, 0.5) is 26.3 Å². The van der Waals surface area contributed by atoms with E-state index in [9.17, 15) is 31.1 Å². The Bertz CT molecular complexity index is 686. The van der Waals surface area contributed by atoms with Gasteiger partial charge in [0.25, 0.3) is 0 Å². The van der Waals surface area contributed by atoms with Crippen LogP contribution in [-0.2, 0) is 17.4 Å². The second-order valence-electron chi connectivity index (χ2n) is 4.53. The molecule has 2 rings (SSSR count). The van der Waals surface area contributed by atoms with Crippen LogP contribution in [0.25, 0.3) is 10.9 Å². The Morgan fingerprint density at radius 3 is 2.32 bits per heavy atom. The quantitative estimate of drug-likeness (QED) is 0.835. The van der Waals surface area contributed by atoms with Crippen molar-refractivity contribution in [2.24, 2.45) is 0 Å². The summed E-state index contributed by atoms with van der Waals surface area (Å²) >= 11 is 0. The maximum atomic E-state index is 13.0. The number of aromatic nitrogens is 1. The summed E-state index contributed by atoms with van der Waals surface area (Å²) in [6.07, 6.45) is -10.1. The molecule has 1 heterocycles. The number of H-pyrrole nitrogens is 1. The van der Waals surface area contributed by atoms with Gasteiger partial charge in [-0.15, -0.1) is 0 Å². The Kier molecular flexibility index (Phi) is 4.08. The number of rotatable bonds is 3. The SMILES string of the molecule is O=C(NCCc1c(C(F)(F)F)[nH]c2ccccc12)C(F)(F)F. The predicted molar refractivity (Wildman–Crippen MR) is 66.1 cm³/mol. The van der Waals surface area contributed by atoms with Crippen LogP contribution in [0.5, 0.6) is 0 Å². The Labute approximate surface area is 120 Å². The van der Waals surface area contributed by atoms with Crippen molar-refractivity contribution in [3.05, 3.63) is 35.5 Å². The zero-order valence-corrected chi connectivity index (χ0v) is 10.9. The summed E-state index contributed by atoms with van der Waals surface area (Å²) in [5, 5.41) is 1.82. The van der Waals surface area contributed by atoms with Crippen LogP contribution in [0.15, 0.2) is 24.3 Å². The third-order valence-electron chi connectivity index (χ3n) is 3.02. The summed E-state index contributed by atoms with van der Waals surface area (Å²) in [6, 6.07) is 5.92. The van der Waals surface area contributed by atoms with E-state index in [2.05, 4.69) is 4.98 Å². The van der Waals surface area contributed by atoms with Crippen molar-refractivity contribution in [2.75, 3.05) is 6.54 Å². The molecule has 0 saturated carbocycles. The number of halogens is 6. The fourth-order valence-electron chi connectivity index (χ4n) is 2.10. The van der Waals surface area contributed by atoms with Gasteiger partial charge >= 0.3 is 18.3 Å². The Morgan fingerprint density at radius 2 is 1.73 bits per heavy atom. The van der Waals surface area contributed by atoms with Crippen LogP contribution >= 0.6 is 0 Å². The number of carbonyl (C=O) groups is 1. The molecule has 2 N–H and O–H groups in total. The molecule has 0 spiro atoms. The topological polar surface area (TPSA) is 44.9 Å². The number of amides is 1. The van der Waals surface area contributed by atoms with Crippen LogP contribution in [0.3, 0.4) is 0 Å². The molecule has 2 aromatic rings. The highest BCUT2D eigenvalue weighted by Crippen LogP contribution is 2.35. The molecule has 0 bridgehead atoms. The van der Waals surface area contributed by atoms with Crippen molar-refractivity contribution >= 4 is 16.8 Å². The maximum absolute atomic E-state index is 13.0. The molecule has 0 unspecified atom stereocenters. The molecule has 1 aromatic heterocycles. The van der Waals surface area contributed by atoms with E-state index >= 15 is 0 Å². The van der Waals surface area contributed by atoms with Crippen LogP contribution < -0.4 is 5.32 Å². The fraction of sp³-hybridized carbons (Fsp3) is 0.308. The van der Waals surface area contributed by atoms with E-state index in [4.69, 9.17) is 0 Å². The highest BCUT2D eigenvalue weighted by molar-refractivity contribution is 5.85. The molecule has 0 atom stereocenters. The lowest BCUT2D eigenvalue weighted by Gasteiger charge is -2.10. The molecule has 22 heavy (non-hydrogen) atoms. The maximum Gasteiger partial charge on any atom is 0.471 e. The van der Waals surface area contributed by atoms with E-state index in [1.807, 2.05) is 0 Å². The average molecular weight is 324 g/mol. The second-order valence-corrected chi connectivity index (χ2v) is 4.53. The lowest BCUT2D eigenvalue weighted by Crippen LogP contribution is -2.37. The van der Waals surface area contributed by atoms with Gasteiger partial charge in [0.1, 0.15) is 5.69 Å². The molecule has 1 aromatic carbocycles. The van der Waals surface area contributed by atoms with Gasteiger partial charge < -0.3 is 10.3 Å². The minimum Gasteiger partial charge on any atom is -0.351 e. The lowest BCUT2D eigenvalue weighted by molar-refractivity contribution is -0.173. The molecule has 0 radical (unpaired) electrons. The lowest BCUT2D eigenvalue weighted by atomic mass is 10.1. The number of para-hydroxylation sites is 1. The van der Waals surface area contributed by atoms with Gasteiger partial charge in [-0.25, -0.2) is 0 Å². The predicted octanol–water partition coefficient (Wildman–Crippen LogP) is 3.41. The van der Waals surface area contributed by atoms with Gasteiger partial charge in [0.05, 0.1) is 0 Å². The number of nitrogens with one attached hydrogen (secondary N) is 2. The first-order chi connectivity index (χ1) is 10.1. The average Bonchev–Trinajstić information content (AvgIpc) is 2.77. The van der Waals surface area contributed by atoms with Crippen LogP contribution in [0.1, 0.15) is 11.3 Å². The monoisotopic (exact) mass is 324 g/mol. The molecule has 0 aliphatic rings. The molecule has 1 amide bonds. The summed E-state index contributed by atoms with van der Waals surface area (Å²) in [4.78, 5) is 12.9. The number of alkyl halides is 6. The summed E-state index contributed by atoms with van der Waals surface area (Å²) in [5.41, 5.74) is -0.965. The minimum absolute atomic E-state index is 0.175. The molecular weight excluding hydrogens is 314 g/mol. The molecule has 0 saturated heterocycles. The first-order valence-corrected chi connectivity index (χ1v) is 6.12. The summed E-state index contributed by atoms with van der Waals surface area (Å²) in [5.74, 6) is -2.18. The zero-order chi connectivity index (χ0) is 16.5. The minimum atomic E-state index is -5.06. The fourth-order valence-corrected chi connectivity index (χ4v) is 2.10. The highest BCUT2D eigenvalue weighted by Gasteiger charge is 2.39. The summed E-state index contributed by atoms with van der Waals surface area (Å²) < 4.78 is 75.0. The van der Waals surface area contributed by atoms with Crippen molar-refractivity contribution < 1.29 is 31.1 Å². The van der Waals surface area contributed by atoms with Gasteiger partial charge in [-0.1, -0.05) is 18.2 Å². The summed E-state index contributed by atoms with van der Waals surface area (Å²) in [7, 11) is 0. The van der Waals surface area contributed by atoms with Gasteiger partial charge in [0.15, 0.2) is 0 Å². The van der Waals surface area contributed by atoms with Gasteiger partial charge in [0, 0.05) is 17.4 Å². The molecule has 0 fully saturated rings. The number of hydrogen-bond donors (Lipinski definition) is 2. The second kappa shape index (κ2) is 5.54. The molecule has 120 valence electrons. The van der Waals surface area contributed by atoms with Crippen LogP contribution in [0, 0.1) is 0 Å². The van der Waals surface area contributed by atoms with E-state index in [-0.39, 0.29) is 22.9 Å². The Balaban J connectivity index is 2.25. The van der Waals surface area contributed by atoms with E-state index in [0.717, 1.165) is 0 Å². The van der Waals surface area contributed by atoms with Crippen LogP contribution in [-0.4, -0.2) is 23.6 Å². The van der Waals surface area contributed by atoms with Gasteiger partial charge in [-0.05, 0) is 18.1 Å². The van der Waals surface area contributed by atoms with Gasteiger partial charge in [-0.3, -0.25) is 4.79 Å². The highest BCUT2D eigenvalue weighted by atomic mass is 19.4. The number of aromatic amines is 1. The molecular formula is C13H10F6N2O. The third-order valence-corrected chi connectivity index (χ3v) is 3.02. The Morgan fingerprint density at radius 1 is 1.09 bits per heavy atom. The van der Waals surface area contributed by atoms with E-state index in [1.165, 1.54) is 24.3 Å². The summed E-state index contributed by atoms with van der Waals surface area (Å²) in [6.45, 7) is -0.552. The van der Waals surface area contributed by atoms with Crippen molar-refractivity contribution in [1.82, 2.24) is 10.3 Å². The van der Waals surface area contributed by atoms with Gasteiger partial charge in [0.2, 0.25) is 0 Å². The largest absolute Gasteiger partial charge is 0.471 e. The van der Waals surface area contributed by atoms with E-state index < -0.39 is 30.5 Å².